The van der Waals surface area contributed by atoms with Crippen molar-refractivity contribution in [2.45, 2.75) is 30.6 Å². The van der Waals surface area contributed by atoms with Gasteiger partial charge in [-0.1, -0.05) is 30.0 Å². The van der Waals surface area contributed by atoms with Crippen LogP contribution in [0.15, 0.2) is 52.2 Å². The molecule has 0 unspecified atom stereocenters. The number of thioether (sulfide) groups is 1. The fraction of sp³-hybridized carbons (Fsp3) is 0.316. The Labute approximate surface area is 160 Å². The average molecular weight is 386 g/mol. The summed E-state index contributed by atoms with van der Waals surface area (Å²) >= 11 is 1.32. The van der Waals surface area contributed by atoms with Crippen molar-refractivity contribution in [3.63, 3.8) is 0 Å². The number of hydrogen-bond acceptors (Lipinski definition) is 5. The lowest BCUT2D eigenvalue weighted by atomic mass is 10.2. The second kappa shape index (κ2) is 7.56. The summed E-state index contributed by atoms with van der Waals surface area (Å²) in [6.07, 6.45) is 3.52. The van der Waals surface area contributed by atoms with Gasteiger partial charge in [-0.15, -0.1) is 10.2 Å². The molecule has 1 aliphatic rings. The van der Waals surface area contributed by atoms with E-state index in [-0.39, 0.29) is 23.5 Å². The number of rotatable bonds is 7. The smallest absolute Gasteiger partial charge is 0.233 e. The third-order valence-electron chi connectivity index (χ3n) is 4.51. The van der Waals surface area contributed by atoms with Gasteiger partial charge in [0.15, 0.2) is 16.7 Å². The Kier molecular flexibility index (Phi) is 4.98. The van der Waals surface area contributed by atoms with Crippen molar-refractivity contribution < 1.29 is 13.6 Å². The molecule has 2 aromatic heterocycles. The number of halogens is 1. The molecule has 2 heterocycles. The first-order chi connectivity index (χ1) is 13.1. The average Bonchev–Trinajstić information content (AvgIpc) is 3.23. The predicted octanol–water partition coefficient (Wildman–Crippen LogP) is 3.50. The summed E-state index contributed by atoms with van der Waals surface area (Å²) in [7, 11) is 1.84. The Morgan fingerprint density at radius 1 is 1.30 bits per heavy atom. The van der Waals surface area contributed by atoms with Crippen LogP contribution < -0.4 is 0 Å². The number of nitrogens with zero attached hydrogens (tertiary/aromatic N) is 4. The Morgan fingerprint density at radius 2 is 2.11 bits per heavy atom. The van der Waals surface area contributed by atoms with E-state index in [9.17, 15) is 9.18 Å². The molecule has 1 aromatic carbocycles. The third kappa shape index (κ3) is 3.90. The zero-order valence-corrected chi connectivity index (χ0v) is 15.7. The molecule has 0 N–H and O–H groups in total. The first-order valence-electron chi connectivity index (χ1n) is 8.72. The normalized spacial score (nSPS) is 13.7. The number of hydrogen-bond donors (Lipinski definition) is 0. The van der Waals surface area contributed by atoms with Gasteiger partial charge in [-0.3, -0.25) is 4.79 Å². The van der Waals surface area contributed by atoms with E-state index in [1.165, 1.54) is 17.8 Å². The second-order valence-corrected chi connectivity index (χ2v) is 7.42. The summed E-state index contributed by atoms with van der Waals surface area (Å²) in [6, 6.07) is 10.4. The minimum Gasteiger partial charge on any atom is -0.461 e. The van der Waals surface area contributed by atoms with Gasteiger partial charge in [-0.2, -0.15) is 0 Å². The molecule has 6 nitrogen and oxygen atoms in total. The zero-order chi connectivity index (χ0) is 18.8. The molecule has 0 bridgehead atoms. The SMILES string of the molecule is Cn1c(SCC(=O)N(Cc2ccccc2F)C2CC2)nnc1-c1ccco1. The predicted molar refractivity (Wildman–Crippen MR) is 99.4 cm³/mol. The molecule has 0 spiro atoms. The third-order valence-corrected chi connectivity index (χ3v) is 5.51. The van der Waals surface area contributed by atoms with Gasteiger partial charge in [0.05, 0.1) is 12.0 Å². The lowest BCUT2D eigenvalue weighted by Gasteiger charge is -2.22. The highest BCUT2D eigenvalue weighted by Crippen LogP contribution is 2.30. The molecule has 3 aromatic rings. The fourth-order valence-corrected chi connectivity index (χ4v) is 3.68. The maximum absolute atomic E-state index is 14.0. The Hall–Kier alpha value is -2.61. The van der Waals surface area contributed by atoms with Gasteiger partial charge in [-0.25, -0.2) is 4.39 Å². The first kappa shape index (κ1) is 17.8. The van der Waals surface area contributed by atoms with Crippen LogP contribution in [0.4, 0.5) is 4.39 Å². The van der Waals surface area contributed by atoms with Crippen LogP contribution in [0.3, 0.4) is 0 Å². The Morgan fingerprint density at radius 3 is 2.81 bits per heavy atom. The largest absolute Gasteiger partial charge is 0.461 e. The van der Waals surface area contributed by atoms with E-state index >= 15 is 0 Å². The molecule has 0 saturated heterocycles. The van der Waals surface area contributed by atoms with E-state index in [0.29, 0.717) is 28.8 Å². The summed E-state index contributed by atoms with van der Waals surface area (Å²) in [5, 5.41) is 8.91. The van der Waals surface area contributed by atoms with E-state index in [1.54, 1.807) is 40.0 Å². The van der Waals surface area contributed by atoms with Gasteiger partial charge >= 0.3 is 0 Å². The van der Waals surface area contributed by atoms with Crippen LogP contribution >= 0.6 is 11.8 Å². The fourth-order valence-electron chi connectivity index (χ4n) is 2.89. The van der Waals surface area contributed by atoms with Crippen molar-refractivity contribution in [1.29, 1.82) is 0 Å². The van der Waals surface area contributed by atoms with Crippen LogP contribution in [-0.4, -0.2) is 37.4 Å². The summed E-state index contributed by atoms with van der Waals surface area (Å²) in [6.45, 7) is 0.299. The van der Waals surface area contributed by atoms with Crippen molar-refractivity contribution in [2.75, 3.05) is 5.75 Å². The molecule has 8 heteroatoms. The topological polar surface area (TPSA) is 64.2 Å². The molecule has 140 valence electrons. The Balaban J connectivity index is 1.43. The molecule has 0 atom stereocenters. The van der Waals surface area contributed by atoms with E-state index < -0.39 is 0 Å². The quantitative estimate of drug-likeness (QED) is 0.582. The van der Waals surface area contributed by atoms with Crippen LogP contribution in [0.1, 0.15) is 18.4 Å². The van der Waals surface area contributed by atoms with Crippen molar-refractivity contribution >= 4 is 17.7 Å². The summed E-state index contributed by atoms with van der Waals surface area (Å²) < 4.78 is 21.1. The van der Waals surface area contributed by atoms with Gasteiger partial charge in [0, 0.05) is 25.2 Å². The number of carbonyl (C=O) groups excluding carboxylic acids is 1. The lowest BCUT2D eigenvalue weighted by Crippen LogP contribution is -2.34. The van der Waals surface area contributed by atoms with Crippen molar-refractivity contribution in [1.82, 2.24) is 19.7 Å². The zero-order valence-electron chi connectivity index (χ0n) is 14.8. The lowest BCUT2D eigenvalue weighted by molar-refractivity contribution is -0.129. The molecular formula is C19H19FN4O2S. The van der Waals surface area contributed by atoms with Gasteiger partial charge in [0.25, 0.3) is 0 Å². The van der Waals surface area contributed by atoms with Crippen molar-refractivity contribution in [2.24, 2.45) is 7.05 Å². The maximum atomic E-state index is 14.0. The van der Waals surface area contributed by atoms with Gasteiger partial charge in [0.1, 0.15) is 5.82 Å². The minimum atomic E-state index is -0.278. The number of carbonyl (C=O) groups is 1. The number of aromatic nitrogens is 3. The minimum absolute atomic E-state index is 0.0201. The second-order valence-electron chi connectivity index (χ2n) is 6.48. The van der Waals surface area contributed by atoms with Crippen LogP contribution in [-0.2, 0) is 18.4 Å². The van der Waals surface area contributed by atoms with Gasteiger partial charge in [-0.05, 0) is 31.0 Å². The van der Waals surface area contributed by atoms with Crippen LogP contribution in [0, 0.1) is 5.82 Å². The molecule has 0 aliphatic heterocycles. The van der Waals surface area contributed by atoms with E-state index in [1.807, 2.05) is 13.1 Å². The van der Waals surface area contributed by atoms with E-state index in [2.05, 4.69) is 10.2 Å². The molecule has 1 fully saturated rings. The molecule has 27 heavy (non-hydrogen) atoms. The first-order valence-corrected chi connectivity index (χ1v) is 9.71. The molecule has 4 rings (SSSR count). The molecule has 1 amide bonds. The summed E-state index contributed by atoms with van der Waals surface area (Å²) in [5.74, 6) is 1.17. The standard InChI is InChI=1S/C19H19FN4O2S/c1-23-18(16-7-4-10-26-16)21-22-19(23)27-12-17(25)24(14-8-9-14)11-13-5-2-3-6-15(13)20/h2-7,10,14H,8-9,11-12H2,1H3. The van der Waals surface area contributed by atoms with Gasteiger partial charge < -0.3 is 13.9 Å². The molecule has 1 saturated carbocycles. The monoisotopic (exact) mass is 386 g/mol. The molecule has 1 aliphatic carbocycles. The highest BCUT2D eigenvalue weighted by molar-refractivity contribution is 7.99. The van der Waals surface area contributed by atoms with Crippen LogP contribution in [0.5, 0.6) is 0 Å². The Bertz CT molecular complexity index is 937. The van der Waals surface area contributed by atoms with Crippen molar-refractivity contribution in [3.05, 3.63) is 54.0 Å². The highest BCUT2D eigenvalue weighted by atomic mass is 32.2. The molecule has 0 radical (unpaired) electrons. The summed E-state index contributed by atoms with van der Waals surface area (Å²) in [4.78, 5) is 14.5. The van der Waals surface area contributed by atoms with Crippen LogP contribution in [0.25, 0.3) is 11.6 Å². The van der Waals surface area contributed by atoms with Crippen LogP contribution in [0.2, 0.25) is 0 Å². The van der Waals surface area contributed by atoms with Gasteiger partial charge in [0.2, 0.25) is 5.91 Å². The highest BCUT2D eigenvalue weighted by Gasteiger charge is 2.33. The number of furan rings is 1. The van der Waals surface area contributed by atoms with E-state index in [0.717, 1.165) is 12.8 Å². The maximum Gasteiger partial charge on any atom is 0.233 e. The van der Waals surface area contributed by atoms with Crippen molar-refractivity contribution in [3.8, 4) is 11.6 Å². The number of benzene rings is 1. The number of amides is 1. The molecular weight excluding hydrogens is 367 g/mol. The summed E-state index contributed by atoms with van der Waals surface area (Å²) in [5.41, 5.74) is 0.543. The van der Waals surface area contributed by atoms with E-state index in [4.69, 9.17) is 4.42 Å².